The Bertz CT molecular complexity index is 2210. The molecule has 0 aliphatic carbocycles. The summed E-state index contributed by atoms with van der Waals surface area (Å²) in [5.41, 5.74) is 7.22. The van der Waals surface area contributed by atoms with Gasteiger partial charge in [-0.2, -0.15) is 0 Å². The van der Waals surface area contributed by atoms with Gasteiger partial charge in [0.05, 0.1) is 30.7 Å². The molecule has 4 aromatic rings. The Kier molecular flexibility index (Phi) is 18.3. The molecular weight excluding hydrogens is 833 g/mol. The van der Waals surface area contributed by atoms with Crippen molar-refractivity contribution in [3.8, 4) is 11.5 Å². The van der Waals surface area contributed by atoms with Crippen LogP contribution in [0.5, 0.6) is 11.5 Å². The molecule has 0 saturated heterocycles. The Morgan fingerprint density at radius 3 is 2.27 bits per heavy atom. The summed E-state index contributed by atoms with van der Waals surface area (Å²) in [7, 11) is 1.50. The Hall–Kier alpha value is -6.96. The number of alkyl carbamates (subject to hydrolysis) is 1. The number of amides is 6. The molecule has 0 aliphatic heterocycles. The van der Waals surface area contributed by atoms with Crippen molar-refractivity contribution in [3.05, 3.63) is 77.3 Å². The molecule has 4 rings (SSSR count). The number of nitrogens with one attached hydrogen (secondary N) is 6. The van der Waals surface area contributed by atoms with Gasteiger partial charge in [-0.15, -0.1) is 0 Å². The van der Waals surface area contributed by atoms with E-state index >= 15 is 0 Å². The second kappa shape index (κ2) is 23.7. The third-order valence-electron chi connectivity index (χ3n) is 8.98. The Morgan fingerprint density at radius 1 is 0.871 bits per heavy atom. The van der Waals surface area contributed by atoms with Gasteiger partial charge >= 0.3 is 18.1 Å². The molecule has 0 saturated carbocycles. The molecule has 0 radical (unpaired) electrons. The molecule has 0 spiro atoms. The average molecular weight is 882 g/mol. The van der Waals surface area contributed by atoms with Crippen LogP contribution in [0.1, 0.15) is 51.5 Å². The van der Waals surface area contributed by atoms with Gasteiger partial charge in [-0.1, -0.05) is 37.6 Å². The van der Waals surface area contributed by atoms with Gasteiger partial charge in [-0.25, -0.2) is 23.9 Å². The second-order valence-electron chi connectivity index (χ2n) is 14.1. The predicted octanol–water partition coefficient (Wildman–Crippen LogP) is 4.75. The second-order valence-corrected chi connectivity index (χ2v) is 14.5. The highest BCUT2D eigenvalue weighted by atomic mass is 35.5. The summed E-state index contributed by atoms with van der Waals surface area (Å²) in [6.45, 7) is 3.87. The van der Waals surface area contributed by atoms with E-state index in [1.165, 1.54) is 31.6 Å². The summed E-state index contributed by atoms with van der Waals surface area (Å²) in [5, 5.41) is 25.6. The minimum atomic E-state index is -1.16. The number of carboxylic acid groups (broad SMARTS) is 1. The lowest BCUT2D eigenvalue weighted by Crippen LogP contribution is -2.54. The number of primary amides is 1. The van der Waals surface area contributed by atoms with Crippen molar-refractivity contribution >= 4 is 75.5 Å². The Morgan fingerprint density at radius 2 is 1.60 bits per heavy atom. The van der Waals surface area contributed by atoms with Crippen molar-refractivity contribution in [1.29, 1.82) is 0 Å². The minimum Gasteiger partial charge on any atom is -0.493 e. The van der Waals surface area contributed by atoms with Gasteiger partial charge in [0.1, 0.15) is 36.7 Å². The van der Waals surface area contributed by atoms with E-state index < -0.39 is 66.1 Å². The summed E-state index contributed by atoms with van der Waals surface area (Å²) in [6.07, 6.45) is 0.769. The molecule has 0 unspecified atom stereocenters. The van der Waals surface area contributed by atoms with Gasteiger partial charge in [-0.05, 0) is 67.1 Å². The zero-order valence-corrected chi connectivity index (χ0v) is 35.0. The lowest BCUT2D eigenvalue weighted by molar-refractivity contribution is -0.139. The lowest BCUT2D eigenvalue weighted by Gasteiger charge is -2.25. The minimum absolute atomic E-state index is 0.0443. The fourth-order valence-electron chi connectivity index (χ4n) is 5.75. The quantitative estimate of drug-likeness (QED) is 0.0468. The van der Waals surface area contributed by atoms with Crippen molar-refractivity contribution in [2.45, 2.75) is 64.6 Å². The summed E-state index contributed by atoms with van der Waals surface area (Å²) < 4.78 is 30.5. The monoisotopic (exact) mass is 881 g/mol. The third-order valence-corrected chi connectivity index (χ3v) is 9.27. The molecule has 332 valence electrons. The van der Waals surface area contributed by atoms with Crippen LogP contribution in [0.2, 0.25) is 5.02 Å². The number of carbonyl (C=O) groups excluding carboxylic acids is 5. The van der Waals surface area contributed by atoms with Crippen LogP contribution >= 0.6 is 11.6 Å². The molecule has 0 bridgehead atoms. The van der Waals surface area contributed by atoms with Crippen molar-refractivity contribution in [3.63, 3.8) is 0 Å². The number of aliphatic carboxylic acids is 1. The van der Waals surface area contributed by atoms with E-state index in [0.29, 0.717) is 51.6 Å². The standard InChI is InChI=1S/C41H49ClFN9O10/c1-23(2)36(52-34(53)13-14-35(54)55)39(57)51-30(6-4-15-45-40(44)58)38(56)50-25-9-7-24(8-10-25)21-62-41(59)46-16-5-17-61-33-19-27-31(20-32(33)60-3)47-22-48-37(27)49-26-11-12-29(43)28(42)18-26/h7-12,18-20,22-23,30,36H,4-6,13-17,21H2,1-3H3,(H,46,59)(H,50,56)(H,51,57)(H,52,53)(H,54,55)(H3,44,45,58)(H,47,48,49)/t30-,36-/m0/s1. The normalized spacial score (nSPS) is 11.8. The highest BCUT2D eigenvalue weighted by Gasteiger charge is 2.29. The number of methoxy groups -OCH3 is 1. The van der Waals surface area contributed by atoms with Crippen molar-refractivity contribution < 1.29 is 52.5 Å². The maximum Gasteiger partial charge on any atom is 0.407 e. The topological polar surface area (TPSA) is 274 Å². The summed E-state index contributed by atoms with van der Waals surface area (Å²) in [5.74, 6) is -2.68. The number of nitrogens with two attached hydrogens (primary N) is 1. The van der Waals surface area contributed by atoms with Crippen LogP contribution in [0.15, 0.2) is 60.9 Å². The van der Waals surface area contributed by atoms with Crippen molar-refractivity contribution in [2.24, 2.45) is 11.7 Å². The first-order valence-corrected chi connectivity index (χ1v) is 19.8. The largest absolute Gasteiger partial charge is 0.493 e. The Labute approximate surface area is 361 Å². The van der Waals surface area contributed by atoms with Crippen LogP contribution < -0.4 is 47.1 Å². The van der Waals surface area contributed by atoms with E-state index in [4.69, 9.17) is 36.7 Å². The molecule has 1 aromatic heterocycles. The predicted molar refractivity (Wildman–Crippen MR) is 227 cm³/mol. The molecule has 62 heavy (non-hydrogen) atoms. The number of urea groups is 1. The van der Waals surface area contributed by atoms with E-state index in [2.05, 4.69) is 41.9 Å². The fraction of sp³-hybridized carbons (Fsp3) is 0.366. The number of ether oxygens (including phenoxy) is 3. The highest BCUT2D eigenvalue weighted by molar-refractivity contribution is 6.31. The number of carbonyl (C=O) groups is 6. The van der Waals surface area contributed by atoms with E-state index in [0.717, 1.165) is 0 Å². The smallest absolute Gasteiger partial charge is 0.407 e. The summed E-state index contributed by atoms with van der Waals surface area (Å²) >= 11 is 5.93. The average Bonchev–Trinajstić information content (AvgIpc) is 3.23. The third kappa shape index (κ3) is 15.3. The van der Waals surface area contributed by atoms with E-state index in [1.807, 2.05) is 0 Å². The van der Waals surface area contributed by atoms with Gasteiger partial charge in [-0.3, -0.25) is 19.2 Å². The number of nitrogens with zero attached hydrogens (tertiary/aromatic N) is 2. The number of hydrogen-bond donors (Lipinski definition) is 8. The maximum atomic E-state index is 13.7. The molecule has 0 aliphatic rings. The van der Waals surface area contributed by atoms with E-state index in [9.17, 15) is 33.2 Å². The van der Waals surface area contributed by atoms with Gasteiger partial charge in [0, 0.05) is 42.3 Å². The zero-order chi connectivity index (χ0) is 45.2. The summed E-state index contributed by atoms with van der Waals surface area (Å²) in [4.78, 5) is 82.0. The van der Waals surface area contributed by atoms with Crippen LogP contribution in [0.3, 0.4) is 0 Å². The van der Waals surface area contributed by atoms with Crippen LogP contribution in [0.4, 0.5) is 31.2 Å². The van der Waals surface area contributed by atoms with Crippen LogP contribution in [-0.2, 0) is 30.5 Å². The number of anilines is 3. The number of carboxylic acids is 1. The molecule has 1 heterocycles. The molecule has 6 amide bonds. The number of aromatic nitrogens is 2. The van der Waals surface area contributed by atoms with Crippen LogP contribution in [0.25, 0.3) is 10.9 Å². The molecule has 2 atom stereocenters. The highest BCUT2D eigenvalue weighted by Crippen LogP contribution is 2.35. The van der Waals surface area contributed by atoms with Gasteiger partial charge < -0.3 is 57.0 Å². The first kappa shape index (κ1) is 47.7. The van der Waals surface area contributed by atoms with Crippen LogP contribution in [0, 0.1) is 11.7 Å². The lowest BCUT2D eigenvalue weighted by atomic mass is 10.0. The maximum absolute atomic E-state index is 13.7. The molecule has 9 N–H and O–H groups in total. The van der Waals surface area contributed by atoms with E-state index in [1.54, 1.807) is 50.2 Å². The van der Waals surface area contributed by atoms with E-state index in [-0.39, 0.29) is 50.6 Å². The number of fused-ring (bicyclic) bond motifs is 1. The number of hydrogen-bond acceptors (Lipinski definition) is 12. The fourth-order valence-corrected chi connectivity index (χ4v) is 5.93. The van der Waals surface area contributed by atoms with Crippen molar-refractivity contribution in [2.75, 3.05) is 37.4 Å². The zero-order valence-electron chi connectivity index (χ0n) is 34.2. The summed E-state index contributed by atoms with van der Waals surface area (Å²) in [6, 6.07) is 11.2. The molecule has 21 heteroatoms. The first-order chi connectivity index (χ1) is 29.6. The van der Waals surface area contributed by atoms with Gasteiger partial charge in [0.2, 0.25) is 17.7 Å². The number of halogens is 2. The molecule has 19 nitrogen and oxygen atoms in total. The van der Waals surface area contributed by atoms with Gasteiger partial charge in [0.25, 0.3) is 0 Å². The molecule has 0 fully saturated rings. The van der Waals surface area contributed by atoms with Gasteiger partial charge in [0.15, 0.2) is 11.5 Å². The number of rotatable bonds is 23. The number of benzene rings is 3. The first-order valence-electron chi connectivity index (χ1n) is 19.5. The molecular formula is C41H49ClFN9O10. The van der Waals surface area contributed by atoms with Crippen molar-refractivity contribution in [1.82, 2.24) is 31.2 Å². The molecule has 3 aromatic carbocycles. The van der Waals surface area contributed by atoms with Crippen LogP contribution in [-0.4, -0.2) is 89.8 Å². The SMILES string of the molecule is COc1cc2ncnc(Nc3ccc(F)c(Cl)c3)c2cc1OCCCNC(=O)OCc1ccc(NC(=O)[C@H](CCCNC(N)=O)NC(=O)[C@@H](NC(=O)CCC(=O)O)C(C)C)cc1. The Balaban J connectivity index is 1.25.